The number of aryl methyl sites for hydroxylation is 2. The van der Waals surface area contributed by atoms with Crippen LogP contribution in [0.5, 0.6) is 0 Å². The van der Waals surface area contributed by atoms with E-state index in [1.165, 1.54) is 84.4 Å². The minimum absolute atomic E-state index is 0. The first-order valence-electron chi connectivity index (χ1n) is 10.5. The molecule has 0 nitrogen and oxygen atoms in total. The van der Waals surface area contributed by atoms with Crippen molar-refractivity contribution in [3.05, 3.63) is 65.2 Å². The van der Waals surface area contributed by atoms with Crippen LogP contribution in [-0.2, 0) is 39.0 Å². The third-order valence-electron chi connectivity index (χ3n) is 6.22. The molecule has 1 aliphatic carbocycles. The normalized spacial score (nSPS) is 15.0. The van der Waals surface area contributed by atoms with E-state index in [0.29, 0.717) is 0 Å². The maximum atomic E-state index is 2.48. The van der Waals surface area contributed by atoms with Crippen LogP contribution in [0.25, 0.3) is 21.9 Å². The van der Waals surface area contributed by atoms with Crippen molar-refractivity contribution in [1.29, 1.82) is 0 Å². The molecule has 27 heavy (non-hydrogen) atoms. The molecule has 0 amide bonds. The fraction of sp³-hybridized carbons (Fsp3) is 0.423. The van der Waals surface area contributed by atoms with Gasteiger partial charge >= 0.3 is 0 Å². The van der Waals surface area contributed by atoms with E-state index in [2.05, 4.69) is 62.4 Å². The van der Waals surface area contributed by atoms with Crippen LogP contribution in [0.15, 0.2) is 48.5 Å². The summed E-state index contributed by atoms with van der Waals surface area (Å²) in [5.41, 5.74) is 7.14. The monoisotopic (exact) mass is 433 g/mol. The Hall–Kier alpha value is -1.07. The molecule has 140 valence electrons. The molecule has 0 saturated heterocycles. The molecule has 0 atom stereocenters. The number of rotatable bonds is 5. The van der Waals surface area contributed by atoms with Crippen LogP contribution in [0.1, 0.15) is 62.1 Å². The predicted octanol–water partition coefficient (Wildman–Crippen LogP) is 7.61. The zero-order valence-corrected chi connectivity index (χ0v) is 19.3. The summed E-state index contributed by atoms with van der Waals surface area (Å²) in [6.07, 6.45) is 10.8. The molecule has 0 spiro atoms. The quantitative estimate of drug-likeness (QED) is 0.362. The first-order valence-corrected chi connectivity index (χ1v) is 10.5. The molecule has 0 bridgehead atoms. The number of hydrogen-bond donors (Lipinski definition) is 0. The Morgan fingerprint density at radius 1 is 0.963 bits per heavy atom. The summed E-state index contributed by atoms with van der Waals surface area (Å²) in [6.45, 7) is 4.50. The van der Waals surface area contributed by atoms with Crippen molar-refractivity contribution < 1.29 is 26.2 Å². The fourth-order valence-electron chi connectivity index (χ4n) is 4.74. The smallest absolute Gasteiger partial charge is 0 e. The van der Waals surface area contributed by atoms with Crippen LogP contribution in [0.3, 0.4) is 0 Å². The Kier molecular flexibility index (Phi) is 7.21. The van der Waals surface area contributed by atoms with Gasteiger partial charge in [0.2, 0.25) is 0 Å². The Labute approximate surface area is 183 Å². The van der Waals surface area contributed by atoms with Gasteiger partial charge in [-0.15, -0.1) is 34.0 Å². The molecule has 3 aromatic carbocycles. The summed E-state index contributed by atoms with van der Waals surface area (Å²) in [6, 6.07) is 18.8. The SMILES string of the molecule is CCCc1ccc(-c2ccc(C)c3[cH-]c(CC4CCCCC4)cc23)cc1.[Zr]. The van der Waals surface area contributed by atoms with E-state index in [-0.39, 0.29) is 26.2 Å². The van der Waals surface area contributed by atoms with Crippen LogP contribution in [0.4, 0.5) is 0 Å². The second-order valence-electron chi connectivity index (χ2n) is 8.28. The second kappa shape index (κ2) is 9.42. The van der Waals surface area contributed by atoms with Crippen LogP contribution in [0, 0.1) is 12.8 Å². The molecule has 0 unspecified atom stereocenters. The summed E-state index contributed by atoms with van der Waals surface area (Å²) in [7, 11) is 0. The van der Waals surface area contributed by atoms with Crippen molar-refractivity contribution >= 4 is 10.8 Å². The predicted molar refractivity (Wildman–Crippen MR) is 114 cm³/mol. The molecule has 1 aliphatic rings. The van der Waals surface area contributed by atoms with Gasteiger partial charge in [-0.1, -0.05) is 88.3 Å². The van der Waals surface area contributed by atoms with Gasteiger partial charge < -0.3 is 0 Å². The molecule has 0 aliphatic heterocycles. The van der Waals surface area contributed by atoms with E-state index < -0.39 is 0 Å². The van der Waals surface area contributed by atoms with Crippen molar-refractivity contribution in [2.45, 2.75) is 65.2 Å². The van der Waals surface area contributed by atoms with Gasteiger partial charge in [-0.05, 0) is 29.9 Å². The number of hydrogen-bond acceptors (Lipinski definition) is 0. The molecule has 0 radical (unpaired) electrons. The number of fused-ring (bicyclic) bond motifs is 1. The average Bonchev–Trinajstić information content (AvgIpc) is 3.08. The van der Waals surface area contributed by atoms with E-state index >= 15 is 0 Å². The summed E-state index contributed by atoms with van der Waals surface area (Å²) in [4.78, 5) is 0. The molecule has 4 rings (SSSR count). The minimum atomic E-state index is 0. The topological polar surface area (TPSA) is 0 Å². The number of benzene rings is 2. The molecule has 0 heterocycles. The Morgan fingerprint density at radius 2 is 1.70 bits per heavy atom. The average molecular weight is 435 g/mol. The molecule has 0 aromatic heterocycles. The van der Waals surface area contributed by atoms with Gasteiger partial charge in [-0.2, -0.15) is 6.07 Å². The molecule has 1 fully saturated rings. The molecule has 1 saturated carbocycles. The van der Waals surface area contributed by atoms with Gasteiger partial charge in [-0.25, -0.2) is 0 Å². The zero-order valence-electron chi connectivity index (χ0n) is 16.9. The van der Waals surface area contributed by atoms with E-state index in [0.717, 1.165) is 5.92 Å². The van der Waals surface area contributed by atoms with Gasteiger partial charge in [0.25, 0.3) is 0 Å². The molecule has 0 N–H and O–H groups in total. The standard InChI is InChI=1S/C26H31.Zr/c1-3-7-20-11-13-23(14-12-20)24-15-10-19(2)25-17-22(18-26(24)25)16-21-8-5-4-6-9-21;/h10-15,17-18,21H,3-9,16H2,1-2H3;/q-1;. The van der Waals surface area contributed by atoms with E-state index in [9.17, 15) is 0 Å². The van der Waals surface area contributed by atoms with Crippen molar-refractivity contribution in [3.63, 3.8) is 0 Å². The molecule has 3 aromatic rings. The van der Waals surface area contributed by atoms with Crippen molar-refractivity contribution in [2.75, 3.05) is 0 Å². The van der Waals surface area contributed by atoms with E-state index in [1.54, 1.807) is 5.56 Å². The summed E-state index contributed by atoms with van der Waals surface area (Å²) >= 11 is 0. The third-order valence-corrected chi connectivity index (χ3v) is 6.22. The first kappa shape index (κ1) is 20.7. The van der Waals surface area contributed by atoms with Crippen LogP contribution >= 0.6 is 0 Å². The van der Waals surface area contributed by atoms with Crippen molar-refractivity contribution in [1.82, 2.24) is 0 Å². The van der Waals surface area contributed by atoms with Gasteiger partial charge in [0.1, 0.15) is 0 Å². The molecular formula is C26H31Zr-. The van der Waals surface area contributed by atoms with Crippen molar-refractivity contribution in [3.8, 4) is 11.1 Å². The van der Waals surface area contributed by atoms with Crippen LogP contribution in [0.2, 0.25) is 0 Å². The van der Waals surface area contributed by atoms with Gasteiger partial charge in [-0.3, -0.25) is 0 Å². The summed E-state index contributed by atoms with van der Waals surface area (Å²) < 4.78 is 0. The largest absolute Gasteiger partial charge is 0.164 e. The fourth-order valence-corrected chi connectivity index (χ4v) is 4.74. The van der Waals surface area contributed by atoms with E-state index in [4.69, 9.17) is 0 Å². The molecule has 1 heteroatoms. The third kappa shape index (κ3) is 4.68. The van der Waals surface area contributed by atoms with Gasteiger partial charge in [0, 0.05) is 26.2 Å². The Bertz CT molecular complexity index is 863. The van der Waals surface area contributed by atoms with Crippen molar-refractivity contribution in [2.24, 2.45) is 5.92 Å². The first-order chi connectivity index (χ1) is 12.7. The van der Waals surface area contributed by atoms with Gasteiger partial charge in [0.05, 0.1) is 0 Å². The Balaban J connectivity index is 0.00000210. The van der Waals surface area contributed by atoms with Crippen LogP contribution in [-0.4, -0.2) is 0 Å². The molecular weight excluding hydrogens is 404 g/mol. The minimum Gasteiger partial charge on any atom is -0.164 e. The van der Waals surface area contributed by atoms with Crippen LogP contribution < -0.4 is 0 Å². The summed E-state index contributed by atoms with van der Waals surface area (Å²) in [5, 5.41) is 2.89. The van der Waals surface area contributed by atoms with E-state index in [1.807, 2.05) is 0 Å². The maximum absolute atomic E-state index is 2.48. The zero-order chi connectivity index (χ0) is 17.9. The Morgan fingerprint density at radius 3 is 2.41 bits per heavy atom. The summed E-state index contributed by atoms with van der Waals surface area (Å²) in [5.74, 6) is 0.901. The maximum Gasteiger partial charge on any atom is 0 e. The second-order valence-corrected chi connectivity index (χ2v) is 8.28. The van der Waals surface area contributed by atoms with Gasteiger partial charge in [0.15, 0.2) is 0 Å².